The van der Waals surface area contributed by atoms with Crippen LogP contribution in [0.15, 0.2) is 12.2 Å². The first-order valence-electron chi connectivity index (χ1n) is 7.00. The van der Waals surface area contributed by atoms with Crippen LogP contribution in [0.5, 0.6) is 0 Å². The molecule has 22 heavy (non-hydrogen) atoms. The molecule has 0 radical (unpaired) electrons. The SMILES string of the molecule is C=C(C)C(=O)OC1(CCOC)CC(C(=O)OC)COC1OC. The average Bonchev–Trinajstić information content (AvgIpc) is 2.51. The molecular weight excluding hydrogens is 292 g/mol. The van der Waals surface area contributed by atoms with Gasteiger partial charge in [0.2, 0.25) is 0 Å². The molecule has 1 aliphatic rings. The van der Waals surface area contributed by atoms with Crippen LogP contribution in [0.25, 0.3) is 0 Å². The number of rotatable bonds is 7. The third-order valence-electron chi connectivity index (χ3n) is 3.59. The van der Waals surface area contributed by atoms with Crippen molar-refractivity contribution in [3.05, 3.63) is 12.2 Å². The molecule has 3 atom stereocenters. The Morgan fingerprint density at radius 1 is 1.32 bits per heavy atom. The fraction of sp³-hybridized carbons (Fsp3) is 0.733. The number of ether oxygens (including phenoxy) is 5. The van der Waals surface area contributed by atoms with E-state index in [0.717, 1.165) is 0 Å². The van der Waals surface area contributed by atoms with Gasteiger partial charge in [-0.15, -0.1) is 0 Å². The van der Waals surface area contributed by atoms with Gasteiger partial charge in [0.1, 0.15) is 0 Å². The maximum atomic E-state index is 12.0. The Balaban J connectivity index is 3.05. The molecule has 1 heterocycles. The lowest BCUT2D eigenvalue weighted by Gasteiger charge is -2.44. The minimum Gasteiger partial charge on any atom is -0.469 e. The summed E-state index contributed by atoms with van der Waals surface area (Å²) in [5.41, 5.74) is -0.871. The van der Waals surface area contributed by atoms with Crippen LogP contribution in [0.2, 0.25) is 0 Å². The summed E-state index contributed by atoms with van der Waals surface area (Å²) in [6.07, 6.45) is -0.221. The summed E-state index contributed by atoms with van der Waals surface area (Å²) in [6, 6.07) is 0. The van der Waals surface area contributed by atoms with Crippen LogP contribution in [0, 0.1) is 5.92 Å². The number of hydrogen-bond acceptors (Lipinski definition) is 7. The summed E-state index contributed by atoms with van der Waals surface area (Å²) in [5, 5.41) is 0. The zero-order chi connectivity index (χ0) is 16.8. The highest BCUT2D eigenvalue weighted by atomic mass is 16.7. The first-order chi connectivity index (χ1) is 10.4. The third kappa shape index (κ3) is 4.28. The van der Waals surface area contributed by atoms with Crippen LogP contribution in [0.1, 0.15) is 19.8 Å². The van der Waals surface area contributed by atoms with E-state index in [2.05, 4.69) is 6.58 Å². The zero-order valence-corrected chi connectivity index (χ0v) is 13.5. The Morgan fingerprint density at radius 2 is 2.00 bits per heavy atom. The fourth-order valence-corrected chi connectivity index (χ4v) is 2.44. The second kappa shape index (κ2) is 8.26. The van der Waals surface area contributed by atoms with Crippen molar-refractivity contribution in [2.45, 2.75) is 31.7 Å². The number of carbonyl (C=O) groups excluding carboxylic acids is 2. The van der Waals surface area contributed by atoms with Crippen LogP contribution in [-0.4, -0.2) is 58.4 Å². The summed E-state index contributed by atoms with van der Waals surface area (Å²) in [7, 11) is 4.30. The minimum atomic E-state index is -1.13. The monoisotopic (exact) mass is 316 g/mol. The Labute approximate surface area is 130 Å². The molecule has 1 fully saturated rings. The largest absolute Gasteiger partial charge is 0.469 e. The third-order valence-corrected chi connectivity index (χ3v) is 3.59. The van der Waals surface area contributed by atoms with Crippen molar-refractivity contribution in [3.63, 3.8) is 0 Å². The predicted octanol–water partition coefficient (Wildman–Crippen LogP) is 1.06. The van der Waals surface area contributed by atoms with Gasteiger partial charge in [0.15, 0.2) is 11.9 Å². The van der Waals surface area contributed by atoms with Gasteiger partial charge in [-0.05, 0) is 6.92 Å². The Hall–Kier alpha value is -1.44. The zero-order valence-electron chi connectivity index (χ0n) is 13.5. The first-order valence-corrected chi connectivity index (χ1v) is 7.00. The summed E-state index contributed by atoms with van der Waals surface area (Å²) >= 11 is 0. The van der Waals surface area contributed by atoms with E-state index in [0.29, 0.717) is 13.0 Å². The predicted molar refractivity (Wildman–Crippen MR) is 77.0 cm³/mol. The van der Waals surface area contributed by atoms with Crippen LogP contribution in [0.4, 0.5) is 0 Å². The van der Waals surface area contributed by atoms with Gasteiger partial charge in [-0.3, -0.25) is 4.79 Å². The van der Waals surface area contributed by atoms with Crippen molar-refractivity contribution in [3.8, 4) is 0 Å². The molecule has 1 rings (SSSR count). The number of carbonyl (C=O) groups is 2. The van der Waals surface area contributed by atoms with Crippen molar-refractivity contribution < 1.29 is 33.3 Å². The molecule has 3 unspecified atom stereocenters. The van der Waals surface area contributed by atoms with Gasteiger partial charge in [-0.2, -0.15) is 0 Å². The van der Waals surface area contributed by atoms with Gasteiger partial charge in [-0.1, -0.05) is 6.58 Å². The summed E-state index contributed by atoms with van der Waals surface area (Å²) in [6.45, 7) is 5.59. The van der Waals surface area contributed by atoms with Crippen LogP contribution in [-0.2, 0) is 33.3 Å². The van der Waals surface area contributed by atoms with Crippen LogP contribution in [0.3, 0.4) is 0 Å². The standard InChI is InChI=1S/C15H24O7/c1-10(2)12(16)22-15(6-7-18-3)8-11(13(17)19-4)9-21-14(15)20-5/h11,14H,1,6-9H2,2-5H3. The van der Waals surface area contributed by atoms with E-state index in [-0.39, 0.29) is 18.6 Å². The van der Waals surface area contributed by atoms with Crippen LogP contribution < -0.4 is 0 Å². The lowest BCUT2D eigenvalue weighted by molar-refractivity contribution is -0.274. The van der Waals surface area contributed by atoms with Crippen molar-refractivity contribution in [2.75, 3.05) is 34.5 Å². The molecule has 7 nitrogen and oxygen atoms in total. The van der Waals surface area contributed by atoms with E-state index in [1.165, 1.54) is 21.3 Å². The molecule has 0 bridgehead atoms. The highest BCUT2D eigenvalue weighted by molar-refractivity contribution is 5.87. The first kappa shape index (κ1) is 18.6. The number of esters is 2. The molecule has 0 aromatic heterocycles. The molecule has 7 heteroatoms. The van der Waals surface area contributed by atoms with Crippen molar-refractivity contribution in [1.29, 1.82) is 0 Å². The Bertz CT molecular complexity index is 420. The maximum absolute atomic E-state index is 12.0. The van der Waals surface area contributed by atoms with E-state index < -0.39 is 29.7 Å². The van der Waals surface area contributed by atoms with Gasteiger partial charge >= 0.3 is 11.9 Å². The number of hydrogen-bond donors (Lipinski definition) is 0. The van der Waals surface area contributed by atoms with Crippen LogP contribution >= 0.6 is 0 Å². The minimum absolute atomic E-state index is 0.143. The van der Waals surface area contributed by atoms with Gasteiger partial charge in [0.25, 0.3) is 0 Å². The van der Waals surface area contributed by atoms with Crippen molar-refractivity contribution in [1.82, 2.24) is 0 Å². The molecule has 0 amide bonds. The van der Waals surface area contributed by atoms with E-state index in [9.17, 15) is 9.59 Å². The molecule has 1 aliphatic heterocycles. The molecule has 0 aliphatic carbocycles. The normalized spacial score (nSPS) is 28.0. The average molecular weight is 316 g/mol. The molecule has 1 saturated heterocycles. The maximum Gasteiger partial charge on any atom is 0.333 e. The summed E-state index contributed by atoms with van der Waals surface area (Å²) in [5.74, 6) is -1.51. The fourth-order valence-electron chi connectivity index (χ4n) is 2.44. The number of methoxy groups -OCH3 is 3. The molecule has 126 valence electrons. The smallest absolute Gasteiger partial charge is 0.333 e. The lowest BCUT2D eigenvalue weighted by Crippen LogP contribution is -2.56. The second-order valence-corrected chi connectivity index (χ2v) is 5.30. The highest BCUT2D eigenvalue weighted by Crippen LogP contribution is 2.37. The topological polar surface area (TPSA) is 80.3 Å². The van der Waals surface area contributed by atoms with Gasteiger partial charge in [0.05, 0.1) is 26.2 Å². The highest BCUT2D eigenvalue weighted by Gasteiger charge is 2.50. The van der Waals surface area contributed by atoms with Crippen molar-refractivity contribution >= 4 is 11.9 Å². The lowest BCUT2D eigenvalue weighted by atomic mass is 9.84. The molecule has 0 saturated carbocycles. The molecule has 0 N–H and O–H groups in total. The summed E-state index contributed by atoms with van der Waals surface area (Å²) < 4.78 is 26.3. The van der Waals surface area contributed by atoms with E-state index >= 15 is 0 Å². The van der Waals surface area contributed by atoms with Gasteiger partial charge < -0.3 is 23.7 Å². The molecule has 0 aromatic rings. The van der Waals surface area contributed by atoms with Crippen molar-refractivity contribution in [2.24, 2.45) is 5.92 Å². The summed E-state index contributed by atoms with van der Waals surface area (Å²) in [4.78, 5) is 23.8. The quantitative estimate of drug-likeness (QED) is 0.513. The molecule has 0 spiro atoms. The Kier molecular flexibility index (Phi) is 6.99. The molecule has 0 aromatic carbocycles. The van der Waals surface area contributed by atoms with Gasteiger partial charge in [0, 0.05) is 32.6 Å². The Morgan fingerprint density at radius 3 is 2.50 bits per heavy atom. The van der Waals surface area contributed by atoms with E-state index in [1.54, 1.807) is 6.92 Å². The van der Waals surface area contributed by atoms with E-state index in [4.69, 9.17) is 23.7 Å². The molecular formula is C15H24O7. The van der Waals surface area contributed by atoms with E-state index in [1.807, 2.05) is 0 Å². The second-order valence-electron chi connectivity index (χ2n) is 5.30. The van der Waals surface area contributed by atoms with Gasteiger partial charge in [-0.25, -0.2) is 4.79 Å².